The highest BCUT2D eigenvalue weighted by Gasteiger charge is 2.63. The van der Waals surface area contributed by atoms with Crippen molar-refractivity contribution in [1.29, 1.82) is 0 Å². The van der Waals surface area contributed by atoms with E-state index in [0.717, 1.165) is 51.4 Å². The monoisotopic (exact) mass is 973 g/mol. The molecule has 0 aromatic heterocycles. The van der Waals surface area contributed by atoms with E-state index in [-0.39, 0.29) is 12.8 Å². The zero-order chi connectivity index (χ0) is 47.2. The number of rotatable bonds is 40. The van der Waals surface area contributed by atoms with E-state index in [0.29, 0.717) is 12.8 Å². The summed E-state index contributed by atoms with van der Waals surface area (Å²) in [5, 5.41) is 32.0. The van der Waals surface area contributed by atoms with E-state index in [1.807, 2.05) is 0 Å². The highest BCUT2D eigenvalue weighted by atomic mass is 31.2. The van der Waals surface area contributed by atoms with E-state index < -0.39 is 92.4 Å². The van der Waals surface area contributed by atoms with Gasteiger partial charge in [-0.1, -0.05) is 168 Å². The summed E-state index contributed by atoms with van der Waals surface area (Å²) in [6.07, 6.45) is 13.7. The van der Waals surface area contributed by atoms with Crippen LogP contribution in [-0.4, -0.2) is 122 Å². The number of carbonyl (C=O) groups excluding carboxylic acids is 2. The third-order valence-corrected chi connectivity index (χ3v) is 13.0. The minimum absolute atomic E-state index is 0.0307. The molecular weight excluding hydrogens is 889 g/mol. The van der Waals surface area contributed by atoms with Gasteiger partial charge in [0.05, 0.1) is 0 Å². The lowest BCUT2D eigenvalue weighted by molar-refractivity contribution is -0.217. The number of aliphatic hydroxyl groups excluding tert-OH is 3. The Bertz CT molecular complexity index is 1160. The molecule has 1 rings (SSSR count). The number of ether oxygens (including phenoxy) is 2. The van der Waals surface area contributed by atoms with Crippen LogP contribution in [0.1, 0.15) is 194 Å². The highest BCUT2D eigenvalue weighted by Crippen LogP contribution is 2.58. The largest absolute Gasteiger partial charge is 0.570 e. The maximum Gasteiger partial charge on any atom is 0.570 e. The van der Waals surface area contributed by atoms with Crippen LogP contribution in [-0.2, 0) is 37.2 Å². The summed E-state index contributed by atoms with van der Waals surface area (Å²) in [4.78, 5) is 103. The molecule has 22 heteroatoms. The molecule has 19 nitrogen and oxygen atoms in total. The number of unbranched alkanes of at least 4 members (excludes halogenated alkanes) is 24. The van der Waals surface area contributed by atoms with E-state index in [2.05, 4.69) is 22.9 Å². The molecule has 1 aliphatic rings. The Morgan fingerprint density at radius 1 is 0.429 bits per heavy atom. The first-order chi connectivity index (χ1) is 29.8. The van der Waals surface area contributed by atoms with Gasteiger partial charge in [0.1, 0.15) is 31.5 Å². The minimum Gasteiger partial charge on any atom is -0.462 e. The fraction of sp³-hybridized carbons (Fsp3) is 0.951. The first kappa shape index (κ1) is 60.6. The van der Waals surface area contributed by atoms with Crippen molar-refractivity contribution in [3.05, 3.63) is 0 Å². The van der Waals surface area contributed by atoms with Crippen LogP contribution in [0.5, 0.6) is 0 Å². The van der Waals surface area contributed by atoms with E-state index in [4.69, 9.17) is 18.5 Å². The number of hydrogen-bond acceptors (Lipinski definition) is 19. The molecule has 0 aromatic carbocycles. The summed E-state index contributed by atoms with van der Waals surface area (Å²) in [5.74, 6) is -1.23. The standard InChI is InChI=1S/C41H84O19P3/c1-3-5-7-9-11-13-15-17-19-21-23-25-27-29-34(42)55-31-33(57-35(43)30-28-26-24-22-20-18-16-14-12-10-8-6-4-2)32-56-63(53,54)60-39-36(44)37(45)40(58-61(47,48)49)41(38(39)46)59-62(50,51)52/h33,36-41,44-54H,3-32H2,1-2H3/q+3/t33-,36+,37-,38-,39+,40+,41+/m0/s1. The Labute approximate surface area is 376 Å². The van der Waals surface area contributed by atoms with Gasteiger partial charge in [-0.05, 0) is 12.8 Å². The molecule has 11 N–H and O–H groups in total. The molecule has 0 aliphatic heterocycles. The Hall–Kier alpha value is -0.370. The predicted octanol–water partition coefficient (Wildman–Crippen LogP) is 6.64. The van der Waals surface area contributed by atoms with Crippen LogP contribution in [0.25, 0.3) is 0 Å². The van der Waals surface area contributed by atoms with Crippen molar-refractivity contribution in [1.82, 2.24) is 0 Å². The second kappa shape index (κ2) is 34.8. The lowest BCUT2D eigenvalue weighted by Crippen LogP contribution is -2.65. The Morgan fingerprint density at radius 2 is 0.762 bits per heavy atom. The molecule has 374 valence electrons. The molecule has 0 spiro atoms. The lowest BCUT2D eigenvalue weighted by Gasteiger charge is -2.41. The molecule has 0 unspecified atom stereocenters. The summed E-state index contributed by atoms with van der Waals surface area (Å²) in [7, 11) is -15.7. The highest BCUT2D eigenvalue weighted by molar-refractivity contribution is 7.54. The van der Waals surface area contributed by atoms with Gasteiger partial charge in [-0.15, -0.1) is 18.1 Å². The van der Waals surface area contributed by atoms with Gasteiger partial charge in [0, 0.05) is 12.8 Å². The normalized spacial score (nSPS) is 21.4. The molecule has 1 saturated carbocycles. The summed E-state index contributed by atoms with van der Waals surface area (Å²) in [6.45, 7) is 3.07. The van der Waals surface area contributed by atoms with Crippen LogP contribution in [0.15, 0.2) is 0 Å². The van der Waals surface area contributed by atoms with Crippen LogP contribution in [0.2, 0.25) is 0 Å². The average Bonchev–Trinajstić information content (AvgIpc) is 3.20. The molecule has 7 atom stereocenters. The van der Waals surface area contributed by atoms with E-state index in [1.54, 1.807) is 0 Å². The Morgan fingerprint density at radius 3 is 1.14 bits per heavy atom. The molecule has 0 aromatic rings. The molecule has 0 amide bonds. The molecule has 0 radical (unpaired) electrons. The van der Waals surface area contributed by atoms with Crippen LogP contribution < -0.4 is 0 Å². The van der Waals surface area contributed by atoms with E-state index in [9.17, 15) is 64.1 Å². The second-order valence-electron chi connectivity index (χ2n) is 16.8. The second-order valence-corrected chi connectivity index (χ2v) is 20.7. The van der Waals surface area contributed by atoms with Gasteiger partial charge in [-0.2, -0.15) is 39.1 Å². The van der Waals surface area contributed by atoms with Gasteiger partial charge in [0.15, 0.2) is 24.4 Å². The zero-order valence-corrected chi connectivity index (χ0v) is 40.5. The lowest BCUT2D eigenvalue weighted by atomic mass is 9.85. The van der Waals surface area contributed by atoms with Crippen molar-refractivity contribution in [2.24, 2.45) is 0 Å². The van der Waals surface area contributed by atoms with Crippen LogP contribution in [0.3, 0.4) is 0 Å². The van der Waals surface area contributed by atoms with Crippen LogP contribution in [0.4, 0.5) is 0 Å². The number of hydrogen-bond donors (Lipinski definition) is 11. The van der Waals surface area contributed by atoms with Crippen molar-refractivity contribution in [2.75, 3.05) is 13.2 Å². The maximum absolute atomic E-state index is 12.9. The van der Waals surface area contributed by atoms with Gasteiger partial charge in [-0.25, -0.2) is 0 Å². The molecule has 63 heavy (non-hydrogen) atoms. The van der Waals surface area contributed by atoms with Crippen molar-refractivity contribution < 1.29 is 91.6 Å². The summed E-state index contributed by atoms with van der Waals surface area (Å²) < 4.78 is 29.9. The molecule has 1 fully saturated rings. The number of carbonyl (C=O) groups is 2. The van der Waals surface area contributed by atoms with Crippen molar-refractivity contribution in [3.63, 3.8) is 0 Å². The quantitative estimate of drug-likeness (QED) is 0.0174. The summed E-state index contributed by atoms with van der Waals surface area (Å²) >= 11 is 0. The number of aliphatic hydroxyl groups is 3. The van der Waals surface area contributed by atoms with Crippen molar-refractivity contribution in [2.45, 2.75) is 236 Å². The SMILES string of the molecule is CCCCCCCCCCCCCCCC(=O)OC[C@@H](CO[P+](O)(O)O[C@@H]1[C@H](O)[C@H](O)[C@@H](O[P+](O)(O)O)[C@H](O[P+](O)(O)O)[C@H]1O)OC(=O)CCCCCCCCCCCCCCC. The van der Waals surface area contributed by atoms with Crippen LogP contribution in [0, 0.1) is 0 Å². The van der Waals surface area contributed by atoms with Gasteiger partial charge < -0.3 is 24.8 Å². The van der Waals surface area contributed by atoms with Crippen LogP contribution >= 0.6 is 24.5 Å². The molecular formula is C41H84O19P3+3. The van der Waals surface area contributed by atoms with Crippen molar-refractivity contribution >= 4 is 36.4 Å². The molecule has 0 bridgehead atoms. The smallest absolute Gasteiger partial charge is 0.462 e. The zero-order valence-electron chi connectivity index (χ0n) is 37.8. The summed E-state index contributed by atoms with van der Waals surface area (Å²) in [5.41, 5.74) is 0. The van der Waals surface area contributed by atoms with Crippen molar-refractivity contribution in [3.8, 4) is 0 Å². The van der Waals surface area contributed by atoms with Gasteiger partial charge in [0.25, 0.3) is 0 Å². The topological polar surface area (TPSA) is 312 Å². The fourth-order valence-corrected chi connectivity index (χ4v) is 9.56. The first-order valence-corrected chi connectivity index (χ1v) is 28.0. The third-order valence-electron chi connectivity index (χ3n) is 10.9. The predicted molar refractivity (Wildman–Crippen MR) is 239 cm³/mol. The van der Waals surface area contributed by atoms with Gasteiger partial charge in [-0.3, -0.25) is 9.59 Å². The maximum atomic E-state index is 12.9. The summed E-state index contributed by atoms with van der Waals surface area (Å²) in [6, 6.07) is 0. The van der Waals surface area contributed by atoms with Gasteiger partial charge >= 0.3 is 36.4 Å². The Kier molecular flexibility index (Phi) is 33.5. The fourth-order valence-electron chi connectivity index (χ4n) is 7.42. The number of esters is 2. The third kappa shape index (κ3) is 31.3. The van der Waals surface area contributed by atoms with Gasteiger partial charge in [0.2, 0.25) is 0 Å². The molecule has 1 aliphatic carbocycles. The molecule has 0 heterocycles. The van der Waals surface area contributed by atoms with E-state index in [1.165, 1.54) is 103 Å². The first-order valence-electron chi connectivity index (χ1n) is 23.4. The minimum atomic E-state index is -5.31. The average molecular weight is 974 g/mol. The Balaban J connectivity index is 2.74. The van der Waals surface area contributed by atoms with E-state index >= 15 is 0 Å². The molecule has 0 saturated heterocycles.